The molecular formula is C16H12N2O3S. The van der Waals surface area contributed by atoms with Crippen LogP contribution in [0.4, 0.5) is 5.13 Å². The van der Waals surface area contributed by atoms with E-state index in [4.69, 9.17) is 0 Å². The number of phenolic OH excluding ortho intramolecular Hbond substituents is 2. The average Bonchev–Trinajstić information content (AvgIpc) is 2.96. The van der Waals surface area contributed by atoms with Gasteiger partial charge in [0.15, 0.2) is 5.13 Å². The number of aromatic nitrogens is 1. The van der Waals surface area contributed by atoms with E-state index >= 15 is 0 Å². The number of nitrogens with one attached hydrogen (secondary N) is 1. The predicted molar refractivity (Wildman–Crippen MR) is 85.3 cm³/mol. The molecule has 6 heteroatoms. The van der Waals surface area contributed by atoms with Gasteiger partial charge in [-0.1, -0.05) is 18.2 Å². The Bertz CT molecular complexity index is 815. The van der Waals surface area contributed by atoms with Gasteiger partial charge >= 0.3 is 0 Å². The third-order valence-corrected chi connectivity index (χ3v) is 3.78. The lowest BCUT2D eigenvalue weighted by atomic mass is 10.1. The van der Waals surface area contributed by atoms with Crippen molar-refractivity contribution in [3.8, 4) is 22.8 Å². The normalized spacial score (nSPS) is 10.4. The van der Waals surface area contributed by atoms with E-state index in [0.29, 0.717) is 22.0 Å². The zero-order chi connectivity index (χ0) is 15.5. The topological polar surface area (TPSA) is 82.5 Å². The summed E-state index contributed by atoms with van der Waals surface area (Å²) in [4.78, 5) is 16.3. The van der Waals surface area contributed by atoms with E-state index in [1.54, 1.807) is 35.7 Å². The molecule has 0 radical (unpaired) electrons. The summed E-state index contributed by atoms with van der Waals surface area (Å²) in [5, 5.41) is 24.0. The van der Waals surface area contributed by atoms with Gasteiger partial charge in [-0.25, -0.2) is 4.98 Å². The number of carbonyl (C=O) groups is 1. The highest BCUT2D eigenvalue weighted by atomic mass is 32.1. The molecule has 0 saturated heterocycles. The molecule has 0 aliphatic heterocycles. The third kappa shape index (κ3) is 2.91. The minimum absolute atomic E-state index is 0.0194. The van der Waals surface area contributed by atoms with Crippen molar-refractivity contribution in [1.82, 2.24) is 4.98 Å². The van der Waals surface area contributed by atoms with Gasteiger partial charge in [0, 0.05) is 22.6 Å². The van der Waals surface area contributed by atoms with E-state index < -0.39 is 0 Å². The highest BCUT2D eigenvalue weighted by Crippen LogP contribution is 2.33. The van der Waals surface area contributed by atoms with Crippen LogP contribution in [0.1, 0.15) is 10.4 Å². The zero-order valence-electron chi connectivity index (χ0n) is 11.4. The summed E-state index contributed by atoms with van der Waals surface area (Å²) < 4.78 is 0. The van der Waals surface area contributed by atoms with Crippen LogP contribution in [0.5, 0.6) is 11.5 Å². The van der Waals surface area contributed by atoms with Gasteiger partial charge in [0.2, 0.25) is 0 Å². The number of amides is 1. The van der Waals surface area contributed by atoms with Crippen LogP contribution in [-0.2, 0) is 0 Å². The molecule has 0 aliphatic rings. The molecule has 1 aromatic heterocycles. The van der Waals surface area contributed by atoms with E-state index in [1.807, 2.05) is 6.07 Å². The number of rotatable bonds is 3. The molecule has 0 spiro atoms. The van der Waals surface area contributed by atoms with Crippen molar-refractivity contribution in [3.63, 3.8) is 0 Å². The molecule has 0 aliphatic carbocycles. The maximum absolute atomic E-state index is 12.0. The van der Waals surface area contributed by atoms with Crippen LogP contribution in [-0.4, -0.2) is 21.1 Å². The van der Waals surface area contributed by atoms with Crippen LogP contribution in [0.15, 0.2) is 53.9 Å². The van der Waals surface area contributed by atoms with Gasteiger partial charge in [-0.05, 0) is 24.3 Å². The van der Waals surface area contributed by atoms with E-state index in [9.17, 15) is 15.0 Å². The highest BCUT2D eigenvalue weighted by Gasteiger charge is 2.12. The second-order valence-corrected chi connectivity index (χ2v) is 5.42. The van der Waals surface area contributed by atoms with Gasteiger partial charge in [-0.3, -0.25) is 10.1 Å². The first kappa shape index (κ1) is 14.1. The summed E-state index contributed by atoms with van der Waals surface area (Å²) in [6.07, 6.45) is 0. The molecule has 0 saturated carbocycles. The van der Waals surface area contributed by atoms with Crippen molar-refractivity contribution >= 4 is 22.4 Å². The van der Waals surface area contributed by atoms with Gasteiger partial charge in [0.1, 0.15) is 11.5 Å². The number of carbonyl (C=O) groups excluding carboxylic acids is 1. The first-order chi connectivity index (χ1) is 10.6. The Balaban J connectivity index is 1.81. The number of hydrogen-bond acceptors (Lipinski definition) is 5. The summed E-state index contributed by atoms with van der Waals surface area (Å²) in [6.45, 7) is 0. The quantitative estimate of drug-likeness (QED) is 0.691. The predicted octanol–water partition coefficient (Wildman–Crippen LogP) is 3.47. The Morgan fingerprint density at radius 1 is 1.09 bits per heavy atom. The Morgan fingerprint density at radius 3 is 2.59 bits per heavy atom. The molecular weight excluding hydrogens is 300 g/mol. The second-order valence-electron chi connectivity index (χ2n) is 4.56. The van der Waals surface area contributed by atoms with Crippen LogP contribution in [0, 0.1) is 0 Å². The first-order valence-electron chi connectivity index (χ1n) is 6.48. The molecule has 3 N–H and O–H groups in total. The van der Waals surface area contributed by atoms with Crippen molar-refractivity contribution in [1.29, 1.82) is 0 Å². The first-order valence-corrected chi connectivity index (χ1v) is 7.36. The largest absolute Gasteiger partial charge is 0.508 e. The van der Waals surface area contributed by atoms with E-state index in [0.717, 1.165) is 0 Å². The average molecular weight is 312 g/mol. The number of nitrogens with zero attached hydrogens (tertiary/aromatic N) is 1. The minimum Gasteiger partial charge on any atom is -0.508 e. The fourth-order valence-electron chi connectivity index (χ4n) is 1.95. The molecule has 2 aromatic carbocycles. The van der Waals surface area contributed by atoms with Crippen molar-refractivity contribution in [2.24, 2.45) is 0 Å². The molecule has 1 amide bonds. The SMILES string of the molecule is O=C(Nc1nc(-c2ccc(O)cc2O)cs1)c1ccccc1. The number of aromatic hydroxyl groups is 2. The molecule has 110 valence electrons. The lowest BCUT2D eigenvalue weighted by molar-refractivity contribution is 0.102. The summed E-state index contributed by atoms with van der Waals surface area (Å²) in [5.41, 5.74) is 1.58. The maximum Gasteiger partial charge on any atom is 0.257 e. The molecule has 0 unspecified atom stereocenters. The molecule has 3 rings (SSSR count). The van der Waals surface area contributed by atoms with Gasteiger partial charge in [0.05, 0.1) is 5.69 Å². The monoisotopic (exact) mass is 312 g/mol. The summed E-state index contributed by atoms with van der Waals surface area (Å²) >= 11 is 1.26. The van der Waals surface area contributed by atoms with Crippen LogP contribution in [0.25, 0.3) is 11.3 Å². The van der Waals surface area contributed by atoms with Crippen molar-refractivity contribution in [3.05, 3.63) is 59.5 Å². The molecule has 5 nitrogen and oxygen atoms in total. The molecule has 0 atom stereocenters. The van der Waals surface area contributed by atoms with E-state index in [-0.39, 0.29) is 17.4 Å². The number of phenols is 2. The molecule has 22 heavy (non-hydrogen) atoms. The number of thiazole rings is 1. The number of benzene rings is 2. The van der Waals surface area contributed by atoms with Gasteiger partial charge < -0.3 is 10.2 Å². The van der Waals surface area contributed by atoms with Gasteiger partial charge in [-0.15, -0.1) is 11.3 Å². The fourth-order valence-corrected chi connectivity index (χ4v) is 2.66. The Kier molecular flexibility index (Phi) is 3.76. The highest BCUT2D eigenvalue weighted by molar-refractivity contribution is 7.14. The summed E-state index contributed by atoms with van der Waals surface area (Å²) in [7, 11) is 0. The lowest BCUT2D eigenvalue weighted by Crippen LogP contribution is -2.11. The van der Waals surface area contributed by atoms with Crippen LogP contribution in [0.3, 0.4) is 0 Å². The van der Waals surface area contributed by atoms with Gasteiger partial charge in [0.25, 0.3) is 5.91 Å². The van der Waals surface area contributed by atoms with Gasteiger partial charge in [-0.2, -0.15) is 0 Å². The molecule has 0 fully saturated rings. The minimum atomic E-state index is -0.239. The maximum atomic E-state index is 12.0. The smallest absolute Gasteiger partial charge is 0.257 e. The standard InChI is InChI=1S/C16H12N2O3S/c19-11-6-7-12(14(20)8-11)13-9-22-16(17-13)18-15(21)10-4-2-1-3-5-10/h1-9,19-20H,(H,17,18,21). The van der Waals surface area contributed by atoms with Crippen LogP contribution < -0.4 is 5.32 Å². The number of anilines is 1. The molecule has 1 heterocycles. The van der Waals surface area contributed by atoms with E-state index in [2.05, 4.69) is 10.3 Å². The van der Waals surface area contributed by atoms with Crippen LogP contribution in [0.2, 0.25) is 0 Å². The van der Waals surface area contributed by atoms with Crippen molar-refractivity contribution in [2.75, 3.05) is 5.32 Å². The summed E-state index contributed by atoms with van der Waals surface area (Å²) in [5.74, 6) is -0.322. The molecule has 3 aromatic rings. The van der Waals surface area contributed by atoms with Crippen molar-refractivity contribution in [2.45, 2.75) is 0 Å². The van der Waals surface area contributed by atoms with Crippen LogP contribution >= 0.6 is 11.3 Å². The number of hydrogen-bond donors (Lipinski definition) is 3. The van der Waals surface area contributed by atoms with E-state index in [1.165, 1.54) is 23.5 Å². The Labute approximate surface area is 130 Å². The van der Waals surface area contributed by atoms with Crippen molar-refractivity contribution < 1.29 is 15.0 Å². The third-order valence-electron chi connectivity index (χ3n) is 3.02. The lowest BCUT2D eigenvalue weighted by Gasteiger charge is -2.02. The summed E-state index contributed by atoms with van der Waals surface area (Å²) in [6, 6.07) is 13.1. The fraction of sp³-hybridized carbons (Fsp3) is 0. The molecule has 0 bridgehead atoms. The Hall–Kier alpha value is -2.86. The second kappa shape index (κ2) is 5.87. The Morgan fingerprint density at radius 2 is 1.86 bits per heavy atom. The zero-order valence-corrected chi connectivity index (χ0v) is 12.2.